The lowest BCUT2D eigenvalue weighted by Crippen LogP contribution is -2.29. The topological polar surface area (TPSA) is 78.1 Å². The summed E-state index contributed by atoms with van der Waals surface area (Å²) in [5.74, 6) is -0.714. The number of nitrogens with zero attached hydrogens (tertiary/aromatic N) is 2. The van der Waals surface area contributed by atoms with Crippen molar-refractivity contribution in [2.75, 3.05) is 18.9 Å². The van der Waals surface area contributed by atoms with Gasteiger partial charge in [-0.25, -0.2) is 4.39 Å². The summed E-state index contributed by atoms with van der Waals surface area (Å²) in [5.41, 5.74) is 3.97. The van der Waals surface area contributed by atoms with Gasteiger partial charge in [-0.05, 0) is 67.4 Å². The lowest BCUT2D eigenvalue weighted by molar-refractivity contribution is 0.0794. The zero-order valence-corrected chi connectivity index (χ0v) is 18.8. The van der Waals surface area contributed by atoms with Crippen molar-refractivity contribution in [2.24, 2.45) is 0 Å². The summed E-state index contributed by atoms with van der Waals surface area (Å²) in [6.45, 7) is 0.532. The van der Waals surface area contributed by atoms with E-state index in [1.165, 1.54) is 12.1 Å². The Hall–Kier alpha value is -4.26. The van der Waals surface area contributed by atoms with E-state index >= 15 is 0 Å². The summed E-state index contributed by atoms with van der Waals surface area (Å²) in [4.78, 5) is 27.3. The number of carbonyl (C=O) groups is 2. The van der Waals surface area contributed by atoms with Crippen LogP contribution in [-0.2, 0) is 6.42 Å². The number of hydrogen-bond donors (Lipinski definition) is 2. The lowest BCUT2D eigenvalue weighted by Gasteiger charge is -2.19. The highest BCUT2D eigenvalue weighted by molar-refractivity contribution is 6.08. The van der Waals surface area contributed by atoms with Gasteiger partial charge in [-0.15, -0.1) is 0 Å². The highest BCUT2D eigenvalue weighted by Crippen LogP contribution is 2.20. The fraction of sp³-hybridized carbons (Fsp3) is 0.148. The van der Waals surface area contributed by atoms with Crippen molar-refractivity contribution < 1.29 is 14.0 Å². The predicted octanol–water partition coefficient (Wildman–Crippen LogP) is 5.17. The van der Waals surface area contributed by atoms with Gasteiger partial charge in [0.05, 0.1) is 16.9 Å². The van der Waals surface area contributed by atoms with E-state index in [1.807, 2.05) is 12.1 Å². The van der Waals surface area contributed by atoms with Gasteiger partial charge in [0.15, 0.2) is 0 Å². The minimum atomic E-state index is -0.284. The molecule has 7 heteroatoms. The van der Waals surface area contributed by atoms with Crippen LogP contribution >= 0.6 is 0 Å². The molecule has 2 N–H and O–H groups in total. The number of H-pyrrole nitrogens is 1. The molecule has 0 saturated carbocycles. The Balaban J connectivity index is 1.34. The van der Waals surface area contributed by atoms with Crippen LogP contribution in [0, 0.1) is 5.82 Å². The Morgan fingerprint density at radius 1 is 0.971 bits per heavy atom. The molecular formula is C27H25FN4O2. The summed E-state index contributed by atoms with van der Waals surface area (Å²) in [5, 5.41) is 10.1. The van der Waals surface area contributed by atoms with Crippen molar-refractivity contribution in [2.45, 2.75) is 12.8 Å². The molecule has 0 radical (unpaired) electrons. The number of aryl methyl sites for hydroxylation is 1. The van der Waals surface area contributed by atoms with E-state index in [9.17, 15) is 14.0 Å². The molecule has 0 aliphatic rings. The molecule has 4 rings (SSSR count). The molecule has 2 amide bonds. The van der Waals surface area contributed by atoms with Crippen molar-refractivity contribution >= 4 is 17.5 Å². The van der Waals surface area contributed by atoms with Crippen LogP contribution in [0.1, 0.15) is 32.8 Å². The van der Waals surface area contributed by atoms with E-state index in [0.29, 0.717) is 29.8 Å². The smallest absolute Gasteiger partial charge is 0.255 e. The number of para-hydroxylation sites is 1. The van der Waals surface area contributed by atoms with E-state index in [1.54, 1.807) is 72.6 Å². The third-order valence-corrected chi connectivity index (χ3v) is 5.50. The maximum atomic E-state index is 13.1. The summed E-state index contributed by atoms with van der Waals surface area (Å²) >= 11 is 0. The Morgan fingerprint density at radius 2 is 1.68 bits per heavy atom. The number of hydrogen-bond acceptors (Lipinski definition) is 3. The molecule has 1 aromatic heterocycles. The molecule has 1 heterocycles. The molecule has 4 aromatic rings. The second-order valence-electron chi connectivity index (χ2n) is 7.98. The second-order valence-corrected chi connectivity index (χ2v) is 7.98. The van der Waals surface area contributed by atoms with E-state index < -0.39 is 0 Å². The molecule has 3 aromatic carbocycles. The molecule has 0 aliphatic carbocycles. The van der Waals surface area contributed by atoms with E-state index in [0.717, 1.165) is 23.4 Å². The largest absolute Gasteiger partial charge is 0.342 e. The van der Waals surface area contributed by atoms with Crippen LogP contribution in [0.15, 0.2) is 84.9 Å². The van der Waals surface area contributed by atoms with Gasteiger partial charge >= 0.3 is 0 Å². The van der Waals surface area contributed by atoms with Crippen molar-refractivity contribution in [3.63, 3.8) is 0 Å². The maximum Gasteiger partial charge on any atom is 0.255 e. The van der Waals surface area contributed by atoms with Gasteiger partial charge < -0.3 is 10.2 Å². The summed E-state index contributed by atoms with van der Waals surface area (Å²) in [6.07, 6.45) is 1.43. The fourth-order valence-electron chi connectivity index (χ4n) is 3.63. The zero-order valence-electron chi connectivity index (χ0n) is 18.8. The van der Waals surface area contributed by atoms with Gasteiger partial charge in [-0.3, -0.25) is 14.7 Å². The number of aromatic nitrogens is 2. The van der Waals surface area contributed by atoms with Crippen LogP contribution < -0.4 is 5.32 Å². The SMILES string of the molecule is CN(CCCc1cc(-c2ccc(F)cc2)n[nH]1)C(=O)c1ccccc1NC(=O)c1ccccc1. The summed E-state index contributed by atoms with van der Waals surface area (Å²) < 4.78 is 13.1. The predicted molar refractivity (Wildman–Crippen MR) is 130 cm³/mol. The third kappa shape index (κ3) is 5.56. The first-order valence-corrected chi connectivity index (χ1v) is 11.0. The molecule has 0 atom stereocenters. The summed E-state index contributed by atoms with van der Waals surface area (Å²) in [6, 6.07) is 24.0. The number of halogens is 1. The molecule has 0 saturated heterocycles. The average molecular weight is 457 g/mol. The van der Waals surface area contributed by atoms with Gasteiger partial charge in [0.25, 0.3) is 11.8 Å². The van der Waals surface area contributed by atoms with Gasteiger partial charge in [0.2, 0.25) is 0 Å². The van der Waals surface area contributed by atoms with E-state index in [2.05, 4.69) is 15.5 Å². The third-order valence-electron chi connectivity index (χ3n) is 5.50. The first kappa shape index (κ1) is 22.9. The normalized spacial score (nSPS) is 10.6. The fourth-order valence-corrected chi connectivity index (χ4v) is 3.63. The van der Waals surface area contributed by atoms with Crippen molar-refractivity contribution in [3.8, 4) is 11.3 Å². The van der Waals surface area contributed by atoms with Crippen LogP contribution in [0.5, 0.6) is 0 Å². The minimum absolute atomic E-state index is 0.166. The Morgan fingerprint density at radius 3 is 2.44 bits per heavy atom. The second kappa shape index (κ2) is 10.6. The highest BCUT2D eigenvalue weighted by Gasteiger charge is 2.17. The van der Waals surface area contributed by atoms with Crippen molar-refractivity contribution in [1.29, 1.82) is 0 Å². The van der Waals surface area contributed by atoms with Crippen LogP contribution in [0.2, 0.25) is 0 Å². The zero-order chi connectivity index (χ0) is 23.9. The molecular weight excluding hydrogens is 431 g/mol. The monoisotopic (exact) mass is 456 g/mol. The van der Waals surface area contributed by atoms with E-state index in [4.69, 9.17) is 0 Å². The number of amides is 2. The number of carbonyl (C=O) groups excluding carboxylic acids is 2. The summed E-state index contributed by atoms with van der Waals surface area (Å²) in [7, 11) is 1.75. The van der Waals surface area contributed by atoms with Crippen molar-refractivity contribution in [1.82, 2.24) is 15.1 Å². The minimum Gasteiger partial charge on any atom is -0.342 e. The van der Waals surface area contributed by atoms with Gasteiger partial charge in [0, 0.05) is 30.4 Å². The first-order chi connectivity index (χ1) is 16.5. The molecule has 0 aliphatic heterocycles. The molecule has 0 unspecified atom stereocenters. The highest BCUT2D eigenvalue weighted by atomic mass is 19.1. The maximum absolute atomic E-state index is 13.1. The number of nitrogens with one attached hydrogen (secondary N) is 2. The lowest BCUT2D eigenvalue weighted by atomic mass is 10.1. The molecule has 0 bridgehead atoms. The molecule has 34 heavy (non-hydrogen) atoms. The van der Waals surface area contributed by atoms with Crippen molar-refractivity contribution in [3.05, 3.63) is 108 Å². The van der Waals surface area contributed by atoms with Crippen LogP contribution in [-0.4, -0.2) is 40.5 Å². The standard InChI is InChI=1S/C27H25FN4O2/c1-32(17-7-10-22-18-25(31-30-22)19-13-15-21(28)16-14-19)27(34)23-11-5-6-12-24(23)29-26(33)20-8-3-2-4-9-20/h2-6,8-9,11-16,18H,7,10,17H2,1H3,(H,29,33)(H,30,31). The quantitative estimate of drug-likeness (QED) is 0.384. The average Bonchev–Trinajstić information content (AvgIpc) is 3.33. The number of rotatable bonds is 8. The van der Waals surface area contributed by atoms with Gasteiger partial charge in [-0.2, -0.15) is 5.10 Å². The Labute approximate surface area is 197 Å². The first-order valence-electron chi connectivity index (χ1n) is 11.0. The molecule has 0 fully saturated rings. The van der Waals surface area contributed by atoms with Gasteiger partial charge in [-0.1, -0.05) is 30.3 Å². The van der Waals surface area contributed by atoms with Crippen LogP contribution in [0.25, 0.3) is 11.3 Å². The van der Waals surface area contributed by atoms with Gasteiger partial charge in [0.1, 0.15) is 5.82 Å². The Kier molecular flexibility index (Phi) is 7.13. The number of anilines is 1. The van der Waals surface area contributed by atoms with Crippen LogP contribution in [0.4, 0.5) is 10.1 Å². The van der Waals surface area contributed by atoms with Crippen LogP contribution in [0.3, 0.4) is 0 Å². The van der Waals surface area contributed by atoms with E-state index in [-0.39, 0.29) is 17.6 Å². The number of aromatic amines is 1. The Bertz CT molecular complexity index is 1270. The molecule has 6 nitrogen and oxygen atoms in total. The molecule has 0 spiro atoms. The molecule has 172 valence electrons. The number of benzene rings is 3.